The van der Waals surface area contributed by atoms with Crippen LogP contribution in [0.4, 0.5) is 0 Å². The first-order valence-electron chi connectivity index (χ1n) is 19.4. The molecule has 0 radical (unpaired) electrons. The lowest BCUT2D eigenvalue weighted by molar-refractivity contribution is 0.0740. The van der Waals surface area contributed by atoms with Gasteiger partial charge < -0.3 is 15.6 Å². The van der Waals surface area contributed by atoms with Crippen molar-refractivity contribution in [2.24, 2.45) is 0 Å². The fourth-order valence-electron chi connectivity index (χ4n) is 7.84. The molecule has 6 aromatic rings. The van der Waals surface area contributed by atoms with Crippen LogP contribution in [0.5, 0.6) is 0 Å². The molecule has 1 aliphatic heterocycles. The van der Waals surface area contributed by atoms with E-state index in [1.165, 1.54) is 23.0 Å². The molecule has 3 N–H and O–H groups in total. The summed E-state index contributed by atoms with van der Waals surface area (Å²) in [5.41, 5.74) is 11.2. The Labute approximate surface area is 323 Å². The molecule has 4 aromatic heterocycles. The van der Waals surface area contributed by atoms with E-state index < -0.39 is 0 Å². The van der Waals surface area contributed by atoms with Crippen LogP contribution in [0.15, 0.2) is 91.5 Å². The van der Waals surface area contributed by atoms with Gasteiger partial charge in [0.05, 0.1) is 29.2 Å². The van der Waals surface area contributed by atoms with Gasteiger partial charge in [0.1, 0.15) is 17.7 Å². The minimum atomic E-state index is -0.182. The Morgan fingerprint density at radius 2 is 1.49 bits per heavy atom. The summed E-state index contributed by atoms with van der Waals surface area (Å²) in [5, 5.41) is 6.96. The number of benzene rings is 2. The van der Waals surface area contributed by atoms with E-state index in [0.29, 0.717) is 35.9 Å². The van der Waals surface area contributed by atoms with E-state index in [-0.39, 0.29) is 23.9 Å². The summed E-state index contributed by atoms with van der Waals surface area (Å²) in [7, 11) is 0. The minimum Gasteiger partial charge on any atom is -0.351 e. The number of hydrogen-bond donors (Lipinski definition) is 3. The maximum atomic E-state index is 13.5. The molecule has 2 aromatic carbocycles. The number of piperidine rings is 1. The molecule has 282 valence electrons. The zero-order valence-electron chi connectivity index (χ0n) is 32.4. The number of rotatable bonds is 12. The van der Waals surface area contributed by atoms with Crippen molar-refractivity contribution in [2.45, 2.75) is 84.8 Å². The lowest BCUT2D eigenvalue weighted by atomic mass is 9.88. The Hall–Kier alpha value is -5.74. The smallest absolute Gasteiger partial charge is 0.267 e. The van der Waals surface area contributed by atoms with E-state index >= 15 is 0 Å². The summed E-state index contributed by atoms with van der Waals surface area (Å²) < 4.78 is 0. The predicted molar refractivity (Wildman–Crippen MR) is 217 cm³/mol. The Kier molecular flexibility index (Phi) is 11.4. The second-order valence-electron chi connectivity index (χ2n) is 15.0. The van der Waals surface area contributed by atoms with Crippen molar-refractivity contribution in [1.29, 1.82) is 0 Å². The number of aromatic amines is 1. The first-order chi connectivity index (χ1) is 26.7. The Morgan fingerprint density at radius 3 is 2.13 bits per heavy atom. The molecule has 0 unspecified atom stereocenters. The van der Waals surface area contributed by atoms with Gasteiger partial charge in [-0.1, -0.05) is 50.2 Å². The number of aryl methyl sites for hydroxylation is 3. The third kappa shape index (κ3) is 8.34. The molecule has 2 amide bonds. The zero-order chi connectivity index (χ0) is 38.5. The third-order valence-electron chi connectivity index (χ3n) is 10.9. The van der Waals surface area contributed by atoms with E-state index in [2.05, 4.69) is 76.4 Å². The van der Waals surface area contributed by atoms with Gasteiger partial charge in [-0.3, -0.25) is 24.5 Å². The van der Waals surface area contributed by atoms with Crippen LogP contribution in [0.25, 0.3) is 22.3 Å². The first kappa shape index (κ1) is 37.6. The molecule has 1 fully saturated rings. The molecule has 1 saturated heterocycles. The number of nitrogens with one attached hydrogen (secondary N) is 3. The number of likely N-dealkylation sites (tertiary alicyclic amines) is 1. The Bertz CT molecular complexity index is 2240. The van der Waals surface area contributed by atoms with Crippen LogP contribution in [0, 0.1) is 20.8 Å². The van der Waals surface area contributed by atoms with Crippen molar-refractivity contribution in [3.05, 3.63) is 142 Å². The molecule has 5 heterocycles. The highest BCUT2D eigenvalue weighted by molar-refractivity contribution is 6.00. The van der Waals surface area contributed by atoms with Gasteiger partial charge in [-0.25, -0.2) is 9.97 Å². The van der Waals surface area contributed by atoms with Gasteiger partial charge in [0, 0.05) is 48.5 Å². The average molecular weight is 735 g/mol. The average Bonchev–Trinajstić information content (AvgIpc) is 3.64. The van der Waals surface area contributed by atoms with Crippen molar-refractivity contribution in [3.8, 4) is 11.3 Å². The molecule has 55 heavy (non-hydrogen) atoms. The van der Waals surface area contributed by atoms with Gasteiger partial charge in [-0.05, 0) is 117 Å². The molecule has 7 rings (SSSR count). The highest BCUT2D eigenvalue weighted by atomic mass is 16.2. The molecule has 0 bridgehead atoms. The number of H-pyrrole nitrogens is 1. The van der Waals surface area contributed by atoms with Gasteiger partial charge in [0.15, 0.2) is 0 Å². The molecule has 1 aliphatic rings. The maximum absolute atomic E-state index is 13.5. The highest BCUT2D eigenvalue weighted by Gasteiger charge is 2.35. The summed E-state index contributed by atoms with van der Waals surface area (Å²) >= 11 is 0. The predicted octanol–water partition coefficient (Wildman–Crippen LogP) is 8.48. The fraction of sp³-hybridized carbons (Fsp3) is 0.333. The number of aromatic nitrogens is 5. The molecule has 2 atom stereocenters. The largest absolute Gasteiger partial charge is 0.351 e. The monoisotopic (exact) mass is 734 g/mol. The maximum Gasteiger partial charge on any atom is 0.267 e. The quantitative estimate of drug-likeness (QED) is 0.108. The summed E-state index contributed by atoms with van der Waals surface area (Å²) in [6.07, 6.45) is 9.25. The van der Waals surface area contributed by atoms with Crippen LogP contribution in [-0.2, 0) is 6.54 Å². The van der Waals surface area contributed by atoms with Gasteiger partial charge in [0.25, 0.3) is 11.8 Å². The van der Waals surface area contributed by atoms with Gasteiger partial charge in [-0.15, -0.1) is 0 Å². The molecule has 0 aliphatic carbocycles. The molecule has 10 nitrogen and oxygen atoms in total. The standard InChI is InChI=1S/C45H50N8O2/c1-28(2)32-14-16-33(17-15-32)44(54)49-26-35-19-18-34(24-31(35)5)42-36-25-37(52-43(36)51-27-50-42)45(55)48-22-9-23-53-38(40-29(3)10-7-20-46-40)12-6-13-39(53)41-30(4)11-8-21-47-41/h7-8,10-11,14-21,24-25,27-28,38-39H,6,9,12-13,22-23,26H2,1-5H3,(H,48,55)(H,49,54)(H,50,51,52)/t38-,39+. The van der Waals surface area contributed by atoms with Gasteiger partial charge >= 0.3 is 0 Å². The summed E-state index contributed by atoms with van der Waals surface area (Å²) in [6.45, 7) is 12.3. The van der Waals surface area contributed by atoms with Crippen molar-refractivity contribution in [3.63, 3.8) is 0 Å². The van der Waals surface area contributed by atoms with E-state index in [1.807, 2.05) is 73.9 Å². The van der Waals surface area contributed by atoms with E-state index in [1.54, 1.807) is 0 Å². The summed E-state index contributed by atoms with van der Waals surface area (Å²) in [5.74, 6) is 0.129. The van der Waals surface area contributed by atoms with Crippen molar-refractivity contribution in [2.75, 3.05) is 13.1 Å². The topological polar surface area (TPSA) is 129 Å². The van der Waals surface area contributed by atoms with E-state index in [0.717, 1.165) is 71.4 Å². The molecule has 10 heteroatoms. The van der Waals surface area contributed by atoms with E-state index in [9.17, 15) is 9.59 Å². The van der Waals surface area contributed by atoms with Crippen molar-refractivity contribution in [1.82, 2.24) is 40.5 Å². The first-order valence-corrected chi connectivity index (χ1v) is 19.4. The van der Waals surface area contributed by atoms with Crippen LogP contribution < -0.4 is 10.6 Å². The molecule has 0 spiro atoms. The minimum absolute atomic E-state index is 0.103. The zero-order valence-corrected chi connectivity index (χ0v) is 32.4. The van der Waals surface area contributed by atoms with Crippen molar-refractivity contribution >= 4 is 22.8 Å². The molecule has 0 saturated carbocycles. The highest BCUT2D eigenvalue weighted by Crippen LogP contribution is 2.42. The number of nitrogens with zero attached hydrogens (tertiary/aromatic N) is 5. The van der Waals surface area contributed by atoms with Crippen LogP contribution in [0.1, 0.15) is 118 Å². The normalized spacial score (nSPS) is 16.0. The van der Waals surface area contributed by atoms with Crippen LogP contribution in [0.2, 0.25) is 0 Å². The van der Waals surface area contributed by atoms with Crippen LogP contribution in [0.3, 0.4) is 0 Å². The second-order valence-corrected chi connectivity index (χ2v) is 15.0. The van der Waals surface area contributed by atoms with Crippen molar-refractivity contribution < 1.29 is 9.59 Å². The summed E-state index contributed by atoms with van der Waals surface area (Å²) in [6, 6.07) is 24.3. The lowest BCUT2D eigenvalue weighted by Crippen LogP contribution is -2.39. The van der Waals surface area contributed by atoms with Gasteiger partial charge in [0.2, 0.25) is 0 Å². The summed E-state index contributed by atoms with van der Waals surface area (Å²) in [4.78, 5) is 50.8. The number of pyridine rings is 2. The Morgan fingerprint density at radius 1 is 0.800 bits per heavy atom. The lowest BCUT2D eigenvalue weighted by Gasteiger charge is -2.42. The SMILES string of the molecule is Cc1cc(-c2ncnc3[nH]c(C(=O)NCCCN4[C@@H](c5ncccc5C)CCC[C@H]4c4ncccc4C)cc23)ccc1CNC(=O)c1ccc(C(C)C)cc1. The number of amides is 2. The number of carbonyl (C=O) groups excluding carboxylic acids is 2. The number of carbonyl (C=O) groups is 2. The Balaban J connectivity index is 1.00. The third-order valence-corrected chi connectivity index (χ3v) is 10.9. The van der Waals surface area contributed by atoms with E-state index in [4.69, 9.17) is 9.97 Å². The number of hydrogen-bond acceptors (Lipinski definition) is 7. The second kappa shape index (κ2) is 16.7. The fourth-order valence-corrected chi connectivity index (χ4v) is 7.84. The van der Waals surface area contributed by atoms with Crippen LogP contribution >= 0.6 is 0 Å². The van der Waals surface area contributed by atoms with Crippen LogP contribution in [-0.4, -0.2) is 54.7 Å². The number of fused-ring (bicyclic) bond motifs is 1. The van der Waals surface area contributed by atoms with Gasteiger partial charge in [-0.2, -0.15) is 0 Å². The molecular weight excluding hydrogens is 685 g/mol. The molecular formula is C45H50N8O2.